The van der Waals surface area contributed by atoms with Crippen LogP contribution in [0, 0.1) is 0 Å². The van der Waals surface area contributed by atoms with E-state index in [0.717, 1.165) is 17.0 Å². The fraction of sp³-hybridized carbons (Fsp3) is 0.278. The zero-order valence-electron chi connectivity index (χ0n) is 13.2. The molecular formula is C18H19NO4. The second-order valence-electron chi connectivity index (χ2n) is 5.59. The second-order valence-corrected chi connectivity index (χ2v) is 5.59. The van der Waals surface area contributed by atoms with E-state index < -0.39 is 5.97 Å². The lowest BCUT2D eigenvalue weighted by molar-refractivity contribution is 0.0696. The maximum atomic E-state index is 11.1. The summed E-state index contributed by atoms with van der Waals surface area (Å²) in [5.74, 6) is 0.495. The molecule has 0 spiro atoms. The van der Waals surface area contributed by atoms with Crippen LogP contribution in [0.5, 0.6) is 11.5 Å². The Hall–Kier alpha value is -2.69. The van der Waals surface area contributed by atoms with Crippen LogP contribution in [0.3, 0.4) is 0 Å². The summed E-state index contributed by atoms with van der Waals surface area (Å²) in [6, 6.07) is 13.0. The Balaban J connectivity index is 1.99. The van der Waals surface area contributed by atoms with Crippen LogP contribution < -0.4 is 14.4 Å². The monoisotopic (exact) mass is 313 g/mol. The van der Waals surface area contributed by atoms with Gasteiger partial charge >= 0.3 is 5.97 Å². The molecule has 5 nitrogen and oxygen atoms in total. The Kier molecular flexibility index (Phi) is 4.10. The van der Waals surface area contributed by atoms with Gasteiger partial charge in [0.25, 0.3) is 0 Å². The number of benzene rings is 2. The van der Waals surface area contributed by atoms with E-state index >= 15 is 0 Å². The molecule has 0 aromatic heterocycles. The number of carboxylic acid groups (broad SMARTS) is 1. The van der Waals surface area contributed by atoms with E-state index in [9.17, 15) is 4.79 Å². The number of nitrogens with zero attached hydrogens (tertiary/aromatic N) is 1. The van der Waals surface area contributed by atoms with Crippen LogP contribution in [-0.2, 0) is 6.54 Å². The van der Waals surface area contributed by atoms with Crippen molar-refractivity contribution in [2.24, 2.45) is 0 Å². The van der Waals surface area contributed by atoms with Crippen molar-refractivity contribution in [2.75, 3.05) is 18.6 Å². The third kappa shape index (κ3) is 2.95. The molecule has 1 heterocycles. The van der Waals surface area contributed by atoms with Crippen molar-refractivity contribution >= 4 is 11.7 Å². The number of methoxy groups -OCH3 is 1. The largest absolute Gasteiger partial charge is 0.495 e. The van der Waals surface area contributed by atoms with Crippen molar-refractivity contribution in [1.82, 2.24) is 0 Å². The number of para-hydroxylation sites is 2. The summed E-state index contributed by atoms with van der Waals surface area (Å²) in [6.45, 7) is 3.20. The SMILES string of the molecule is COc1ccccc1N1Cc2ccc(C(=O)O)cc2OC[C@@H]1C. The van der Waals surface area contributed by atoms with Gasteiger partial charge < -0.3 is 19.5 Å². The molecule has 0 aliphatic carbocycles. The van der Waals surface area contributed by atoms with Gasteiger partial charge in [0.2, 0.25) is 0 Å². The van der Waals surface area contributed by atoms with E-state index in [-0.39, 0.29) is 11.6 Å². The van der Waals surface area contributed by atoms with Crippen LogP contribution in [0.25, 0.3) is 0 Å². The Morgan fingerprint density at radius 3 is 2.83 bits per heavy atom. The number of carboxylic acids is 1. The predicted molar refractivity (Wildman–Crippen MR) is 87.5 cm³/mol. The molecule has 0 bridgehead atoms. The maximum Gasteiger partial charge on any atom is 0.335 e. The van der Waals surface area contributed by atoms with E-state index in [1.165, 1.54) is 0 Å². The van der Waals surface area contributed by atoms with Crippen LogP contribution in [-0.4, -0.2) is 30.8 Å². The van der Waals surface area contributed by atoms with Gasteiger partial charge in [0, 0.05) is 12.1 Å². The molecule has 1 aliphatic rings. The van der Waals surface area contributed by atoms with Crippen LogP contribution in [0.2, 0.25) is 0 Å². The van der Waals surface area contributed by atoms with Crippen LogP contribution in [0.15, 0.2) is 42.5 Å². The van der Waals surface area contributed by atoms with Crippen LogP contribution in [0.1, 0.15) is 22.8 Å². The molecule has 3 rings (SSSR count). The first-order chi connectivity index (χ1) is 11.1. The molecule has 0 saturated heterocycles. The summed E-state index contributed by atoms with van der Waals surface area (Å²) >= 11 is 0. The molecule has 1 N–H and O–H groups in total. The average Bonchev–Trinajstić information content (AvgIpc) is 2.73. The minimum Gasteiger partial charge on any atom is -0.495 e. The third-order valence-electron chi connectivity index (χ3n) is 4.06. The van der Waals surface area contributed by atoms with Crippen molar-refractivity contribution in [3.63, 3.8) is 0 Å². The van der Waals surface area contributed by atoms with Crippen molar-refractivity contribution in [1.29, 1.82) is 0 Å². The number of rotatable bonds is 3. The van der Waals surface area contributed by atoms with Gasteiger partial charge in [-0.2, -0.15) is 0 Å². The molecule has 0 unspecified atom stereocenters. The molecule has 2 aromatic rings. The van der Waals surface area contributed by atoms with E-state index in [2.05, 4.69) is 11.8 Å². The summed E-state index contributed by atoms with van der Waals surface area (Å²) in [4.78, 5) is 13.3. The first-order valence-electron chi connectivity index (χ1n) is 7.49. The van der Waals surface area contributed by atoms with E-state index in [0.29, 0.717) is 18.9 Å². The Morgan fingerprint density at radius 1 is 1.30 bits per heavy atom. The van der Waals surface area contributed by atoms with Gasteiger partial charge in [-0.05, 0) is 31.2 Å². The number of hydrogen-bond donors (Lipinski definition) is 1. The molecule has 2 aromatic carbocycles. The second kappa shape index (κ2) is 6.20. The van der Waals surface area contributed by atoms with Gasteiger partial charge in [0.05, 0.1) is 24.4 Å². The number of fused-ring (bicyclic) bond motifs is 1. The zero-order chi connectivity index (χ0) is 16.4. The van der Waals surface area contributed by atoms with Crippen LogP contribution >= 0.6 is 0 Å². The highest BCUT2D eigenvalue weighted by Crippen LogP contribution is 2.34. The molecule has 5 heteroatoms. The highest BCUT2D eigenvalue weighted by atomic mass is 16.5. The van der Waals surface area contributed by atoms with Gasteiger partial charge in [-0.1, -0.05) is 18.2 Å². The van der Waals surface area contributed by atoms with Crippen molar-refractivity contribution < 1.29 is 19.4 Å². The average molecular weight is 313 g/mol. The molecule has 1 aliphatic heterocycles. The quantitative estimate of drug-likeness (QED) is 0.943. The highest BCUT2D eigenvalue weighted by molar-refractivity contribution is 5.88. The number of aromatic carboxylic acids is 1. The summed E-state index contributed by atoms with van der Waals surface area (Å²) in [5.41, 5.74) is 2.20. The maximum absolute atomic E-state index is 11.1. The predicted octanol–water partition coefficient (Wildman–Crippen LogP) is 3.18. The molecule has 0 radical (unpaired) electrons. The number of anilines is 1. The van der Waals surface area contributed by atoms with E-state index in [1.54, 1.807) is 19.2 Å². The number of ether oxygens (including phenoxy) is 2. The van der Waals surface area contributed by atoms with E-state index in [4.69, 9.17) is 14.6 Å². The lowest BCUT2D eigenvalue weighted by atomic mass is 10.1. The molecular weight excluding hydrogens is 294 g/mol. The molecule has 0 saturated carbocycles. The fourth-order valence-corrected chi connectivity index (χ4v) is 2.78. The Morgan fingerprint density at radius 2 is 2.09 bits per heavy atom. The number of carbonyl (C=O) groups is 1. The summed E-state index contributed by atoms with van der Waals surface area (Å²) in [6.07, 6.45) is 0. The van der Waals surface area contributed by atoms with Gasteiger partial charge in [0.1, 0.15) is 18.1 Å². The summed E-state index contributed by atoms with van der Waals surface area (Å²) in [5, 5.41) is 9.12. The van der Waals surface area contributed by atoms with Crippen LogP contribution in [0.4, 0.5) is 5.69 Å². The van der Waals surface area contributed by atoms with Gasteiger partial charge in [-0.15, -0.1) is 0 Å². The molecule has 0 fully saturated rings. The first kappa shape index (κ1) is 15.2. The van der Waals surface area contributed by atoms with Gasteiger partial charge in [-0.25, -0.2) is 4.79 Å². The molecule has 1 atom stereocenters. The summed E-state index contributed by atoms with van der Waals surface area (Å²) < 4.78 is 11.3. The standard InChI is InChI=1S/C18H19NO4/c1-12-11-23-17-9-13(18(20)21)7-8-14(17)10-19(12)15-5-3-4-6-16(15)22-2/h3-9,12H,10-11H2,1-2H3,(H,20,21)/t12-/m0/s1. The number of hydrogen-bond acceptors (Lipinski definition) is 4. The first-order valence-corrected chi connectivity index (χ1v) is 7.49. The van der Waals surface area contributed by atoms with Crippen molar-refractivity contribution in [3.05, 3.63) is 53.6 Å². The Bertz CT molecular complexity index is 729. The highest BCUT2D eigenvalue weighted by Gasteiger charge is 2.24. The van der Waals surface area contributed by atoms with E-state index in [1.807, 2.05) is 30.3 Å². The Labute approximate surface area is 135 Å². The zero-order valence-corrected chi connectivity index (χ0v) is 13.2. The molecule has 23 heavy (non-hydrogen) atoms. The lowest BCUT2D eigenvalue weighted by Gasteiger charge is -2.29. The van der Waals surface area contributed by atoms with Gasteiger partial charge in [0.15, 0.2) is 0 Å². The molecule has 0 amide bonds. The van der Waals surface area contributed by atoms with Gasteiger partial charge in [-0.3, -0.25) is 0 Å². The third-order valence-corrected chi connectivity index (χ3v) is 4.06. The smallest absolute Gasteiger partial charge is 0.335 e. The van der Waals surface area contributed by atoms with Crippen molar-refractivity contribution in [3.8, 4) is 11.5 Å². The normalized spacial score (nSPS) is 17.0. The summed E-state index contributed by atoms with van der Waals surface area (Å²) in [7, 11) is 1.66. The lowest BCUT2D eigenvalue weighted by Crippen LogP contribution is -2.35. The fourth-order valence-electron chi connectivity index (χ4n) is 2.78. The molecule has 120 valence electrons. The minimum atomic E-state index is -0.949. The topological polar surface area (TPSA) is 59.0 Å². The minimum absolute atomic E-state index is 0.131. The van der Waals surface area contributed by atoms with Crippen molar-refractivity contribution in [2.45, 2.75) is 19.5 Å².